The molecule has 0 radical (unpaired) electrons. The maximum absolute atomic E-state index is 11.9. The van der Waals surface area contributed by atoms with E-state index in [2.05, 4.69) is 26.3 Å². The van der Waals surface area contributed by atoms with Gasteiger partial charge in [-0.2, -0.15) is 4.98 Å². The molecule has 1 amide bonds. The molecule has 2 heterocycles. The smallest absolute Gasteiger partial charge is 0.348 e. The number of hydrogen-bond acceptors (Lipinski definition) is 5. The van der Waals surface area contributed by atoms with Crippen LogP contribution in [-0.4, -0.2) is 27.7 Å². The topological polar surface area (TPSA) is 99.2 Å². The van der Waals surface area contributed by atoms with Crippen LogP contribution in [0.2, 0.25) is 0 Å². The number of halogens is 1. The van der Waals surface area contributed by atoms with Gasteiger partial charge in [-0.3, -0.25) is 14.8 Å². The van der Waals surface area contributed by atoms with Crippen LogP contribution >= 0.6 is 15.9 Å². The van der Waals surface area contributed by atoms with Crippen molar-refractivity contribution >= 4 is 21.8 Å². The number of hydrogen-bond donors (Lipinski definition) is 2. The molecule has 0 aromatic carbocycles. The number of amides is 1. The molecule has 2 unspecified atom stereocenters. The van der Waals surface area contributed by atoms with Gasteiger partial charge in [0.1, 0.15) is 6.10 Å². The van der Waals surface area contributed by atoms with Crippen LogP contribution in [0.15, 0.2) is 9.27 Å². The first-order valence-electron chi connectivity index (χ1n) is 6.33. The fourth-order valence-corrected chi connectivity index (χ4v) is 2.62. The van der Waals surface area contributed by atoms with Crippen molar-refractivity contribution < 1.29 is 9.53 Å². The van der Waals surface area contributed by atoms with E-state index in [4.69, 9.17) is 10.6 Å². The van der Waals surface area contributed by atoms with Crippen molar-refractivity contribution in [2.45, 2.75) is 45.4 Å². The lowest BCUT2D eigenvalue weighted by molar-refractivity contribution is -0.132. The first-order valence-corrected chi connectivity index (χ1v) is 7.12. The Balaban J connectivity index is 2.15. The van der Waals surface area contributed by atoms with Crippen LogP contribution in [0.25, 0.3) is 0 Å². The molecule has 2 rings (SSSR count). The molecular formula is C12H17BrN4O3. The van der Waals surface area contributed by atoms with Gasteiger partial charge in [0.05, 0.1) is 22.8 Å². The third kappa shape index (κ3) is 2.92. The van der Waals surface area contributed by atoms with Gasteiger partial charge in [-0.25, -0.2) is 10.6 Å². The number of hydrazine groups is 1. The lowest BCUT2D eigenvalue weighted by atomic mass is 10.2. The highest BCUT2D eigenvalue weighted by Gasteiger charge is 2.31. The number of nitrogens with one attached hydrogen (secondary N) is 1. The van der Waals surface area contributed by atoms with Gasteiger partial charge in [-0.1, -0.05) is 0 Å². The van der Waals surface area contributed by atoms with E-state index < -0.39 is 6.10 Å². The Bertz CT molecular complexity index is 587. The van der Waals surface area contributed by atoms with Gasteiger partial charge in [-0.05, 0) is 42.6 Å². The number of nitrogens with zero attached hydrogens (tertiary/aromatic N) is 2. The summed E-state index contributed by atoms with van der Waals surface area (Å²) in [6, 6.07) is 0. The molecule has 20 heavy (non-hydrogen) atoms. The van der Waals surface area contributed by atoms with E-state index >= 15 is 0 Å². The highest BCUT2D eigenvalue weighted by Crippen LogP contribution is 2.23. The molecule has 1 aliphatic rings. The Morgan fingerprint density at radius 2 is 2.25 bits per heavy atom. The third-order valence-corrected chi connectivity index (χ3v) is 4.61. The molecule has 0 aliphatic carbocycles. The summed E-state index contributed by atoms with van der Waals surface area (Å²) in [5, 5.41) is 0. The van der Waals surface area contributed by atoms with E-state index in [9.17, 15) is 9.59 Å². The van der Waals surface area contributed by atoms with Crippen molar-refractivity contribution in [3.63, 3.8) is 0 Å². The summed E-state index contributed by atoms with van der Waals surface area (Å²) in [5.41, 5.74) is 3.24. The van der Waals surface area contributed by atoms with Crippen molar-refractivity contribution in [2.75, 3.05) is 0 Å². The second-order valence-electron chi connectivity index (χ2n) is 4.82. The van der Waals surface area contributed by atoms with Crippen molar-refractivity contribution in [1.29, 1.82) is 0 Å². The molecular weight excluding hydrogens is 328 g/mol. The van der Waals surface area contributed by atoms with Crippen molar-refractivity contribution in [2.24, 2.45) is 5.84 Å². The molecule has 7 nitrogen and oxygen atoms in total. The zero-order valence-corrected chi connectivity index (χ0v) is 12.9. The quantitative estimate of drug-likeness (QED) is 0.462. The van der Waals surface area contributed by atoms with Crippen molar-refractivity contribution in [1.82, 2.24) is 15.0 Å². The average molecular weight is 345 g/mol. The van der Waals surface area contributed by atoms with Gasteiger partial charge in [-0.15, -0.1) is 0 Å². The lowest BCUT2D eigenvalue weighted by Gasteiger charge is -2.17. The van der Waals surface area contributed by atoms with Gasteiger partial charge < -0.3 is 4.74 Å². The number of nitrogens with two attached hydrogens (primary N) is 1. The molecule has 2 atom stereocenters. The van der Waals surface area contributed by atoms with Crippen LogP contribution < -0.4 is 17.0 Å². The van der Waals surface area contributed by atoms with Crippen LogP contribution in [0, 0.1) is 13.8 Å². The Morgan fingerprint density at radius 3 is 2.90 bits per heavy atom. The predicted molar refractivity (Wildman–Crippen MR) is 75.9 cm³/mol. The molecule has 1 saturated heterocycles. The number of carbonyl (C=O) groups is 1. The number of carbonyl (C=O) groups excluding carboxylic acids is 1. The fraction of sp³-hybridized carbons (Fsp3) is 0.583. The van der Waals surface area contributed by atoms with E-state index in [1.165, 1.54) is 0 Å². The third-order valence-electron chi connectivity index (χ3n) is 3.46. The zero-order valence-electron chi connectivity index (χ0n) is 11.4. The summed E-state index contributed by atoms with van der Waals surface area (Å²) in [5.74, 6) is 4.75. The second-order valence-corrected chi connectivity index (χ2v) is 5.62. The molecule has 8 heteroatoms. The zero-order chi connectivity index (χ0) is 14.9. The molecule has 110 valence electrons. The summed E-state index contributed by atoms with van der Waals surface area (Å²) < 4.78 is 7.97. The number of aryl methyl sites for hydroxylation is 1. The van der Waals surface area contributed by atoms with Crippen LogP contribution in [0.4, 0.5) is 0 Å². The molecule has 1 aromatic rings. The maximum Gasteiger partial charge on any atom is 0.348 e. The number of rotatable bonds is 3. The first-order chi connectivity index (χ1) is 9.43. The van der Waals surface area contributed by atoms with Crippen LogP contribution in [-0.2, 0) is 16.1 Å². The first kappa shape index (κ1) is 15.1. The second kappa shape index (κ2) is 6.02. The Morgan fingerprint density at radius 1 is 1.55 bits per heavy atom. The summed E-state index contributed by atoms with van der Waals surface area (Å²) >= 11 is 3.42. The molecule has 1 fully saturated rings. The minimum absolute atomic E-state index is 0.190. The van der Waals surface area contributed by atoms with Crippen LogP contribution in [0.1, 0.15) is 24.2 Å². The van der Waals surface area contributed by atoms with Crippen molar-refractivity contribution in [3.05, 3.63) is 26.3 Å². The van der Waals surface area contributed by atoms with Crippen molar-refractivity contribution in [3.8, 4) is 0 Å². The summed E-state index contributed by atoms with van der Waals surface area (Å²) in [6.07, 6.45) is 0.574. The van der Waals surface area contributed by atoms with E-state index in [-0.39, 0.29) is 17.7 Å². The molecule has 0 bridgehead atoms. The van der Waals surface area contributed by atoms with Gasteiger partial charge in [0.25, 0.3) is 5.91 Å². The van der Waals surface area contributed by atoms with E-state index in [1.54, 1.807) is 11.5 Å². The normalized spacial score (nSPS) is 22.0. The van der Waals surface area contributed by atoms with E-state index in [0.29, 0.717) is 25.1 Å². The molecule has 1 aromatic heterocycles. The maximum atomic E-state index is 11.9. The number of ether oxygens (including phenoxy) is 1. The van der Waals surface area contributed by atoms with Gasteiger partial charge in [0.2, 0.25) is 0 Å². The highest BCUT2D eigenvalue weighted by molar-refractivity contribution is 9.10. The summed E-state index contributed by atoms with van der Waals surface area (Å²) in [4.78, 5) is 27.3. The standard InChI is InChI=1S/C12H17BrN4O3/c1-6-10(13)7(2)17(12(19)15-6)5-8-3-4-9(20-8)11(18)16-14/h8-9H,3-5,14H2,1-2H3,(H,16,18). The SMILES string of the molecule is Cc1nc(=O)n(CC2CCC(C(=O)NN)O2)c(C)c1Br. The van der Waals surface area contributed by atoms with E-state index in [1.807, 2.05) is 6.92 Å². The molecule has 3 N–H and O–H groups in total. The van der Waals surface area contributed by atoms with Gasteiger partial charge in [0.15, 0.2) is 0 Å². The Labute approximate surface area is 124 Å². The van der Waals surface area contributed by atoms with Crippen LogP contribution in [0.5, 0.6) is 0 Å². The number of aromatic nitrogens is 2. The fourth-order valence-electron chi connectivity index (χ4n) is 2.32. The lowest BCUT2D eigenvalue weighted by Crippen LogP contribution is -2.39. The monoisotopic (exact) mass is 344 g/mol. The van der Waals surface area contributed by atoms with E-state index in [0.717, 1.165) is 10.2 Å². The summed E-state index contributed by atoms with van der Waals surface area (Å²) in [6.45, 7) is 4.00. The average Bonchev–Trinajstić information content (AvgIpc) is 2.89. The predicted octanol–water partition coefficient (Wildman–Crippen LogP) is 0.160. The van der Waals surface area contributed by atoms with Crippen LogP contribution in [0.3, 0.4) is 0 Å². The summed E-state index contributed by atoms with van der Waals surface area (Å²) in [7, 11) is 0. The molecule has 0 saturated carbocycles. The molecule has 1 aliphatic heterocycles. The Kier molecular flexibility index (Phi) is 4.56. The molecule has 0 spiro atoms. The minimum atomic E-state index is -0.539. The minimum Gasteiger partial charge on any atom is -0.363 e. The largest absolute Gasteiger partial charge is 0.363 e. The van der Waals surface area contributed by atoms with Gasteiger partial charge in [0, 0.05) is 5.69 Å². The highest BCUT2D eigenvalue weighted by atomic mass is 79.9. The Hall–Kier alpha value is -1.25. The van der Waals surface area contributed by atoms with Gasteiger partial charge >= 0.3 is 5.69 Å².